The molecule has 9 heteroatoms. The molecule has 1 atom stereocenters. The zero-order valence-electron chi connectivity index (χ0n) is 17.2. The maximum Gasteiger partial charge on any atom is 0.321 e. The summed E-state index contributed by atoms with van der Waals surface area (Å²) >= 11 is 0. The minimum Gasteiger partial charge on any atom is -0.334 e. The molecule has 162 valence electrons. The number of piperazine rings is 1. The van der Waals surface area contributed by atoms with Crippen LogP contribution in [0.4, 0.5) is 10.5 Å². The van der Waals surface area contributed by atoms with Crippen molar-refractivity contribution in [2.75, 3.05) is 44.6 Å². The molecule has 30 heavy (non-hydrogen) atoms. The van der Waals surface area contributed by atoms with Crippen molar-refractivity contribution in [1.29, 1.82) is 0 Å². The number of nitrogens with one attached hydrogen (secondary N) is 2. The smallest absolute Gasteiger partial charge is 0.321 e. The van der Waals surface area contributed by atoms with Crippen LogP contribution < -0.4 is 10.6 Å². The number of halogens is 1. The summed E-state index contributed by atoms with van der Waals surface area (Å²) in [5.41, 5.74) is 2.37. The molecule has 3 heterocycles. The van der Waals surface area contributed by atoms with Gasteiger partial charge in [-0.2, -0.15) is 5.10 Å². The molecule has 2 aromatic rings. The van der Waals surface area contributed by atoms with Gasteiger partial charge >= 0.3 is 6.03 Å². The van der Waals surface area contributed by atoms with E-state index in [2.05, 4.69) is 15.7 Å². The number of aryl methyl sites for hydroxylation is 1. The van der Waals surface area contributed by atoms with Crippen molar-refractivity contribution < 1.29 is 9.59 Å². The molecule has 0 saturated carbocycles. The number of hydrogen-bond acceptors (Lipinski definition) is 4. The van der Waals surface area contributed by atoms with E-state index in [0.29, 0.717) is 37.9 Å². The number of nitrogens with zero attached hydrogens (tertiary/aromatic N) is 4. The topological polar surface area (TPSA) is 82.5 Å². The zero-order valence-corrected chi connectivity index (χ0v) is 18.0. The maximum atomic E-state index is 12.8. The van der Waals surface area contributed by atoms with Crippen LogP contribution in [0.1, 0.15) is 34.9 Å². The molecule has 3 amide bonds. The Morgan fingerprint density at radius 1 is 1.13 bits per heavy atom. The molecule has 1 aromatic carbocycles. The molecule has 0 spiro atoms. The third-order valence-corrected chi connectivity index (χ3v) is 5.60. The van der Waals surface area contributed by atoms with E-state index < -0.39 is 0 Å². The molecular weight excluding hydrogens is 404 g/mol. The Hall–Kier alpha value is -2.58. The predicted octanol–water partition coefficient (Wildman–Crippen LogP) is 2.53. The summed E-state index contributed by atoms with van der Waals surface area (Å²) in [6.45, 7) is 5.98. The average molecular weight is 433 g/mol. The van der Waals surface area contributed by atoms with Crippen LogP contribution in [-0.4, -0.2) is 70.8 Å². The van der Waals surface area contributed by atoms with Gasteiger partial charge in [-0.25, -0.2) is 4.79 Å². The van der Waals surface area contributed by atoms with Crippen LogP contribution in [0.25, 0.3) is 0 Å². The summed E-state index contributed by atoms with van der Waals surface area (Å²) < 4.78 is 1.91. The molecule has 2 saturated heterocycles. The molecule has 2 N–H and O–H groups in total. The van der Waals surface area contributed by atoms with Crippen LogP contribution in [0.15, 0.2) is 36.5 Å². The molecule has 4 rings (SSSR count). The van der Waals surface area contributed by atoms with E-state index in [0.717, 1.165) is 37.2 Å². The Bertz CT molecular complexity index is 872. The number of hydrogen-bond donors (Lipinski definition) is 2. The molecule has 0 bridgehead atoms. The summed E-state index contributed by atoms with van der Waals surface area (Å²) in [5.74, 6) is -0.0636. The van der Waals surface area contributed by atoms with Gasteiger partial charge in [-0.15, -0.1) is 12.4 Å². The Balaban J connectivity index is 0.00000256. The summed E-state index contributed by atoms with van der Waals surface area (Å²) in [6, 6.07) is 9.71. The number of piperidine rings is 1. The number of amides is 3. The lowest BCUT2D eigenvalue weighted by molar-refractivity contribution is 0.0664. The second-order valence-corrected chi connectivity index (χ2v) is 7.76. The van der Waals surface area contributed by atoms with Crippen LogP contribution in [0, 0.1) is 6.92 Å². The van der Waals surface area contributed by atoms with Crippen molar-refractivity contribution in [2.24, 2.45) is 0 Å². The van der Waals surface area contributed by atoms with E-state index >= 15 is 0 Å². The van der Waals surface area contributed by atoms with Gasteiger partial charge in [0.1, 0.15) is 5.69 Å². The fourth-order valence-corrected chi connectivity index (χ4v) is 3.91. The van der Waals surface area contributed by atoms with Crippen molar-refractivity contribution in [1.82, 2.24) is 24.9 Å². The van der Waals surface area contributed by atoms with Gasteiger partial charge in [-0.05, 0) is 50.1 Å². The largest absolute Gasteiger partial charge is 0.334 e. The molecule has 2 aliphatic rings. The van der Waals surface area contributed by atoms with Crippen molar-refractivity contribution >= 4 is 30.0 Å². The first kappa shape index (κ1) is 22.1. The minimum absolute atomic E-state index is 0. The van der Waals surface area contributed by atoms with Crippen molar-refractivity contribution in [3.05, 3.63) is 47.8 Å². The van der Waals surface area contributed by atoms with Crippen molar-refractivity contribution in [2.45, 2.75) is 25.8 Å². The highest BCUT2D eigenvalue weighted by Gasteiger charge is 2.26. The second kappa shape index (κ2) is 9.95. The van der Waals surface area contributed by atoms with E-state index in [-0.39, 0.29) is 24.3 Å². The maximum absolute atomic E-state index is 12.8. The van der Waals surface area contributed by atoms with E-state index in [4.69, 9.17) is 0 Å². The van der Waals surface area contributed by atoms with Crippen LogP contribution in [0.2, 0.25) is 0 Å². The summed E-state index contributed by atoms with van der Waals surface area (Å²) in [4.78, 5) is 28.8. The summed E-state index contributed by atoms with van der Waals surface area (Å²) in [6.07, 6.45) is 4.11. The normalized spacial score (nSPS) is 19.2. The van der Waals surface area contributed by atoms with Gasteiger partial charge < -0.3 is 20.4 Å². The van der Waals surface area contributed by atoms with Crippen LogP contribution >= 0.6 is 12.4 Å². The second-order valence-electron chi connectivity index (χ2n) is 7.76. The minimum atomic E-state index is -0.128. The lowest BCUT2D eigenvalue weighted by atomic mass is 10.1. The Kier molecular flexibility index (Phi) is 7.33. The van der Waals surface area contributed by atoms with Gasteiger partial charge in [0.15, 0.2) is 0 Å². The first-order valence-electron chi connectivity index (χ1n) is 10.3. The summed E-state index contributed by atoms with van der Waals surface area (Å²) in [5, 5.41) is 10.8. The zero-order chi connectivity index (χ0) is 20.2. The first-order chi connectivity index (χ1) is 14.1. The highest BCUT2D eigenvalue weighted by atomic mass is 35.5. The van der Waals surface area contributed by atoms with Gasteiger partial charge in [-0.1, -0.05) is 12.1 Å². The standard InChI is InChI=1S/C21H28N6O2.ClH/c1-16-4-2-5-17(14-16)23-21(29)26-12-10-25(11-13-26)20(28)19-7-9-27(24-19)18-6-3-8-22-15-18;/h2,4-5,7,9,14,18,22H,3,6,8,10-13,15H2,1H3,(H,23,29);1H. The molecule has 2 fully saturated rings. The molecule has 1 aromatic heterocycles. The Labute approximate surface area is 183 Å². The number of benzene rings is 1. The molecule has 8 nitrogen and oxygen atoms in total. The third kappa shape index (κ3) is 5.12. The number of carbonyl (C=O) groups excluding carboxylic acids is 2. The molecule has 0 radical (unpaired) electrons. The van der Waals surface area contributed by atoms with Gasteiger partial charge in [-0.3, -0.25) is 9.48 Å². The van der Waals surface area contributed by atoms with Crippen LogP contribution in [-0.2, 0) is 0 Å². The lowest BCUT2D eigenvalue weighted by Crippen LogP contribution is -2.51. The van der Waals surface area contributed by atoms with E-state index in [1.807, 2.05) is 42.1 Å². The monoisotopic (exact) mass is 432 g/mol. The third-order valence-electron chi connectivity index (χ3n) is 5.60. The molecular formula is C21H29ClN6O2. The predicted molar refractivity (Wildman–Crippen MR) is 118 cm³/mol. The van der Waals surface area contributed by atoms with E-state index in [1.165, 1.54) is 0 Å². The van der Waals surface area contributed by atoms with Gasteiger partial charge in [0.2, 0.25) is 0 Å². The highest BCUT2D eigenvalue weighted by Crippen LogP contribution is 2.17. The van der Waals surface area contributed by atoms with E-state index in [9.17, 15) is 9.59 Å². The summed E-state index contributed by atoms with van der Waals surface area (Å²) in [7, 11) is 0. The fourth-order valence-electron chi connectivity index (χ4n) is 3.91. The van der Waals surface area contributed by atoms with Crippen LogP contribution in [0.5, 0.6) is 0 Å². The molecule has 0 aliphatic carbocycles. The molecule has 2 aliphatic heterocycles. The quantitative estimate of drug-likeness (QED) is 0.780. The van der Waals surface area contributed by atoms with Crippen molar-refractivity contribution in [3.8, 4) is 0 Å². The number of aromatic nitrogens is 2. The van der Waals surface area contributed by atoms with Crippen LogP contribution in [0.3, 0.4) is 0 Å². The Morgan fingerprint density at radius 2 is 1.90 bits per heavy atom. The number of anilines is 1. The molecule has 1 unspecified atom stereocenters. The average Bonchev–Trinajstić information content (AvgIpc) is 3.24. The number of urea groups is 1. The SMILES string of the molecule is Cc1cccc(NC(=O)N2CCN(C(=O)c3ccn(C4CCCNC4)n3)CC2)c1.Cl. The van der Waals surface area contributed by atoms with Gasteiger partial charge in [0.05, 0.1) is 6.04 Å². The number of rotatable bonds is 3. The Morgan fingerprint density at radius 3 is 2.60 bits per heavy atom. The van der Waals surface area contributed by atoms with Gasteiger partial charge in [0, 0.05) is 44.6 Å². The fraction of sp³-hybridized carbons (Fsp3) is 0.476. The number of carbonyl (C=O) groups is 2. The highest BCUT2D eigenvalue weighted by molar-refractivity contribution is 5.93. The van der Waals surface area contributed by atoms with Gasteiger partial charge in [0.25, 0.3) is 5.91 Å². The first-order valence-corrected chi connectivity index (χ1v) is 10.3. The lowest BCUT2D eigenvalue weighted by Gasteiger charge is -2.34. The van der Waals surface area contributed by atoms with Crippen molar-refractivity contribution in [3.63, 3.8) is 0 Å². The van der Waals surface area contributed by atoms with E-state index in [1.54, 1.807) is 15.9 Å².